The van der Waals surface area contributed by atoms with Crippen molar-refractivity contribution in [2.45, 2.75) is 13.5 Å². The van der Waals surface area contributed by atoms with Crippen LogP contribution in [0.25, 0.3) is 11.3 Å². The van der Waals surface area contributed by atoms with Gasteiger partial charge in [0, 0.05) is 35.9 Å². The molecule has 6 nitrogen and oxygen atoms in total. The van der Waals surface area contributed by atoms with Gasteiger partial charge < -0.3 is 5.32 Å². The summed E-state index contributed by atoms with van der Waals surface area (Å²) < 4.78 is 1.72. The van der Waals surface area contributed by atoms with Crippen molar-refractivity contribution in [3.05, 3.63) is 57.5 Å². The third-order valence-electron chi connectivity index (χ3n) is 3.58. The zero-order valence-corrected chi connectivity index (χ0v) is 14.6. The van der Waals surface area contributed by atoms with E-state index in [1.54, 1.807) is 28.9 Å². The highest BCUT2D eigenvalue weighted by Crippen LogP contribution is 2.29. The summed E-state index contributed by atoms with van der Waals surface area (Å²) in [4.78, 5) is 12.3. The molecule has 0 unspecified atom stereocenters. The Morgan fingerprint density at radius 3 is 2.79 bits per heavy atom. The van der Waals surface area contributed by atoms with E-state index in [0.29, 0.717) is 33.5 Å². The Morgan fingerprint density at radius 1 is 1.33 bits per heavy atom. The van der Waals surface area contributed by atoms with Gasteiger partial charge in [0.1, 0.15) is 5.69 Å². The first-order chi connectivity index (χ1) is 11.4. The van der Waals surface area contributed by atoms with Gasteiger partial charge in [0.15, 0.2) is 0 Å². The summed E-state index contributed by atoms with van der Waals surface area (Å²) in [6.07, 6.45) is 1.88. The fourth-order valence-electron chi connectivity index (χ4n) is 2.37. The Hall–Kier alpha value is -2.31. The number of carbonyl (C=O) groups is 1. The number of amides is 1. The van der Waals surface area contributed by atoms with E-state index >= 15 is 0 Å². The molecule has 0 bridgehead atoms. The van der Waals surface area contributed by atoms with E-state index in [4.69, 9.17) is 23.2 Å². The van der Waals surface area contributed by atoms with Gasteiger partial charge >= 0.3 is 0 Å². The summed E-state index contributed by atoms with van der Waals surface area (Å²) in [6.45, 7) is 2.30. The normalized spacial score (nSPS) is 10.8. The number of aryl methyl sites for hydroxylation is 2. The summed E-state index contributed by atoms with van der Waals surface area (Å²) in [6, 6.07) is 6.78. The lowest BCUT2D eigenvalue weighted by molar-refractivity contribution is 0.0946. The molecule has 8 heteroatoms. The van der Waals surface area contributed by atoms with Gasteiger partial charge in [0.2, 0.25) is 0 Å². The molecule has 24 heavy (non-hydrogen) atoms. The molecule has 0 fully saturated rings. The SMILES string of the molecule is Cc1nn(C)cc1CNC(=O)c1cc(-c2ccc(Cl)cc2Cl)n[nH]1. The molecule has 0 saturated carbocycles. The first kappa shape index (κ1) is 16.5. The standard InChI is InChI=1S/C16H15Cl2N5O/c1-9-10(8-23(2)22-9)7-19-16(24)15-6-14(20-21-15)12-4-3-11(17)5-13(12)18/h3-6,8H,7H2,1-2H3,(H,19,24)(H,20,21). The monoisotopic (exact) mass is 363 g/mol. The number of hydrogen-bond donors (Lipinski definition) is 2. The van der Waals surface area contributed by atoms with Crippen LogP contribution in [0.1, 0.15) is 21.7 Å². The van der Waals surface area contributed by atoms with Crippen molar-refractivity contribution in [2.24, 2.45) is 7.05 Å². The first-order valence-corrected chi connectivity index (χ1v) is 7.98. The molecule has 1 aromatic carbocycles. The molecule has 0 spiro atoms. The lowest BCUT2D eigenvalue weighted by Gasteiger charge is -2.02. The minimum absolute atomic E-state index is 0.248. The minimum Gasteiger partial charge on any atom is -0.347 e. The molecule has 0 radical (unpaired) electrons. The number of rotatable bonds is 4. The van der Waals surface area contributed by atoms with Gasteiger partial charge in [-0.25, -0.2) is 0 Å². The Kier molecular flexibility index (Phi) is 4.59. The lowest BCUT2D eigenvalue weighted by Crippen LogP contribution is -2.23. The predicted molar refractivity (Wildman–Crippen MR) is 93.2 cm³/mol. The Balaban J connectivity index is 1.73. The molecule has 0 aliphatic rings. The van der Waals surface area contributed by atoms with Crippen molar-refractivity contribution in [3.8, 4) is 11.3 Å². The highest BCUT2D eigenvalue weighted by atomic mass is 35.5. The van der Waals surface area contributed by atoms with Gasteiger partial charge in [0.05, 0.1) is 16.4 Å². The summed E-state index contributed by atoms with van der Waals surface area (Å²) in [5.41, 5.74) is 3.50. The van der Waals surface area contributed by atoms with Gasteiger partial charge in [-0.2, -0.15) is 10.2 Å². The quantitative estimate of drug-likeness (QED) is 0.746. The number of benzene rings is 1. The molecule has 2 N–H and O–H groups in total. The largest absolute Gasteiger partial charge is 0.347 e. The van der Waals surface area contributed by atoms with Crippen molar-refractivity contribution < 1.29 is 4.79 Å². The molecule has 2 aromatic heterocycles. The molecule has 3 rings (SSSR count). The van der Waals surface area contributed by atoms with Gasteiger partial charge in [-0.1, -0.05) is 23.2 Å². The van der Waals surface area contributed by atoms with E-state index in [2.05, 4.69) is 20.6 Å². The predicted octanol–water partition coefficient (Wildman–Crippen LogP) is 3.36. The van der Waals surface area contributed by atoms with Crippen LogP contribution < -0.4 is 5.32 Å². The van der Waals surface area contributed by atoms with Crippen molar-refractivity contribution >= 4 is 29.1 Å². The number of hydrogen-bond acceptors (Lipinski definition) is 3. The number of carbonyl (C=O) groups excluding carboxylic acids is 1. The van der Waals surface area contributed by atoms with E-state index in [-0.39, 0.29) is 5.91 Å². The second-order valence-electron chi connectivity index (χ2n) is 5.39. The van der Waals surface area contributed by atoms with E-state index in [1.807, 2.05) is 20.2 Å². The van der Waals surface area contributed by atoms with Gasteiger partial charge in [-0.05, 0) is 31.2 Å². The van der Waals surface area contributed by atoms with Crippen molar-refractivity contribution in [2.75, 3.05) is 0 Å². The van der Waals surface area contributed by atoms with Crippen LogP contribution >= 0.6 is 23.2 Å². The lowest BCUT2D eigenvalue weighted by atomic mass is 10.1. The Morgan fingerprint density at radius 2 is 2.12 bits per heavy atom. The fraction of sp³-hybridized carbons (Fsp3) is 0.188. The van der Waals surface area contributed by atoms with Crippen molar-refractivity contribution in [1.29, 1.82) is 0 Å². The maximum atomic E-state index is 12.3. The molecular weight excluding hydrogens is 349 g/mol. The van der Waals surface area contributed by atoms with Crippen LogP contribution in [0.15, 0.2) is 30.5 Å². The molecule has 2 heterocycles. The van der Waals surface area contributed by atoms with Crippen LogP contribution in [-0.4, -0.2) is 25.9 Å². The highest BCUT2D eigenvalue weighted by Gasteiger charge is 2.14. The maximum absolute atomic E-state index is 12.3. The third-order valence-corrected chi connectivity index (χ3v) is 4.13. The number of H-pyrrole nitrogens is 1. The Bertz CT molecular complexity index is 900. The van der Waals surface area contributed by atoms with Gasteiger partial charge in [0.25, 0.3) is 5.91 Å². The number of halogens is 2. The summed E-state index contributed by atoms with van der Waals surface area (Å²) in [5, 5.41) is 15.0. The van der Waals surface area contributed by atoms with Crippen LogP contribution in [0, 0.1) is 6.92 Å². The molecule has 3 aromatic rings. The number of aromatic nitrogens is 4. The smallest absolute Gasteiger partial charge is 0.269 e. The average molecular weight is 364 g/mol. The Labute approximate surface area is 148 Å². The van der Waals surface area contributed by atoms with Crippen molar-refractivity contribution in [1.82, 2.24) is 25.3 Å². The van der Waals surface area contributed by atoms with E-state index in [0.717, 1.165) is 11.3 Å². The molecule has 124 valence electrons. The fourth-order valence-corrected chi connectivity index (χ4v) is 2.87. The third kappa shape index (κ3) is 3.44. The zero-order valence-electron chi connectivity index (χ0n) is 13.1. The van der Waals surface area contributed by atoms with Gasteiger partial charge in [-0.15, -0.1) is 0 Å². The van der Waals surface area contributed by atoms with Crippen LogP contribution in [0.4, 0.5) is 0 Å². The van der Waals surface area contributed by atoms with E-state index in [9.17, 15) is 4.79 Å². The van der Waals surface area contributed by atoms with Crippen LogP contribution in [0.2, 0.25) is 10.0 Å². The minimum atomic E-state index is -0.248. The number of aromatic amines is 1. The van der Waals surface area contributed by atoms with Crippen LogP contribution in [0.3, 0.4) is 0 Å². The highest BCUT2D eigenvalue weighted by molar-refractivity contribution is 6.36. The molecule has 1 amide bonds. The molecule has 0 saturated heterocycles. The topological polar surface area (TPSA) is 75.6 Å². The van der Waals surface area contributed by atoms with Crippen molar-refractivity contribution in [3.63, 3.8) is 0 Å². The summed E-state index contributed by atoms with van der Waals surface area (Å²) >= 11 is 12.1. The van der Waals surface area contributed by atoms with E-state index in [1.165, 1.54) is 0 Å². The second-order valence-corrected chi connectivity index (χ2v) is 6.23. The molecule has 0 aliphatic carbocycles. The summed E-state index contributed by atoms with van der Waals surface area (Å²) in [5.74, 6) is -0.248. The molecule has 0 aliphatic heterocycles. The maximum Gasteiger partial charge on any atom is 0.269 e. The summed E-state index contributed by atoms with van der Waals surface area (Å²) in [7, 11) is 1.84. The average Bonchev–Trinajstić information content (AvgIpc) is 3.11. The van der Waals surface area contributed by atoms with Gasteiger partial charge in [-0.3, -0.25) is 14.6 Å². The molecule has 0 atom stereocenters. The van der Waals surface area contributed by atoms with Crippen LogP contribution in [-0.2, 0) is 13.6 Å². The van der Waals surface area contributed by atoms with Crippen LogP contribution in [0.5, 0.6) is 0 Å². The number of nitrogens with zero attached hydrogens (tertiary/aromatic N) is 3. The second kappa shape index (κ2) is 6.67. The zero-order chi connectivity index (χ0) is 17.3. The first-order valence-electron chi connectivity index (χ1n) is 7.22. The molecular formula is C16H15Cl2N5O. The number of nitrogens with one attached hydrogen (secondary N) is 2. The van der Waals surface area contributed by atoms with E-state index < -0.39 is 0 Å².